The molecule has 0 aliphatic heterocycles. The molecule has 1 aromatic rings. The van der Waals surface area contributed by atoms with Crippen molar-refractivity contribution < 1.29 is 4.79 Å². The molecule has 2 aliphatic carbocycles. The lowest BCUT2D eigenvalue weighted by Crippen LogP contribution is -2.26. The van der Waals surface area contributed by atoms with Crippen molar-refractivity contribution in [3.05, 3.63) is 35.9 Å². The van der Waals surface area contributed by atoms with E-state index in [4.69, 9.17) is 0 Å². The lowest BCUT2D eigenvalue weighted by Gasteiger charge is -2.25. The highest BCUT2D eigenvalue weighted by Crippen LogP contribution is 2.65. The van der Waals surface area contributed by atoms with E-state index in [9.17, 15) is 4.79 Å². The van der Waals surface area contributed by atoms with Crippen molar-refractivity contribution in [2.75, 3.05) is 0 Å². The first-order valence-corrected chi connectivity index (χ1v) is 6.18. The Morgan fingerprint density at radius 1 is 1.35 bits per heavy atom. The van der Waals surface area contributed by atoms with Gasteiger partial charge in [0.1, 0.15) is 0 Å². The van der Waals surface area contributed by atoms with E-state index in [0.717, 1.165) is 12.0 Å². The maximum absolute atomic E-state index is 11.8. The first kappa shape index (κ1) is 10.5. The topological polar surface area (TPSA) is 41.5 Å². The van der Waals surface area contributed by atoms with E-state index < -0.39 is 0 Å². The quantitative estimate of drug-likeness (QED) is 0.626. The minimum absolute atomic E-state index is 0.0943. The summed E-state index contributed by atoms with van der Waals surface area (Å²) in [6.45, 7) is 0. The van der Waals surface area contributed by atoms with Gasteiger partial charge >= 0.3 is 0 Å². The van der Waals surface area contributed by atoms with Crippen LogP contribution in [-0.4, -0.2) is 12.1 Å². The van der Waals surface area contributed by atoms with E-state index in [1.807, 2.05) is 30.3 Å². The Bertz CT molecular complexity index is 449. The highest BCUT2D eigenvalue weighted by molar-refractivity contribution is 5.85. The summed E-state index contributed by atoms with van der Waals surface area (Å²) < 4.78 is 0. The fraction of sp³-hybridized carbons (Fsp3) is 0.429. The van der Waals surface area contributed by atoms with Gasteiger partial charge in [0, 0.05) is 5.92 Å². The lowest BCUT2D eigenvalue weighted by molar-refractivity contribution is -0.123. The number of carbonyl (C=O) groups excluding carboxylic acids is 1. The molecule has 3 heteroatoms. The molecule has 0 heterocycles. The Balaban J connectivity index is 1.52. The first-order chi connectivity index (χ1) is 8.30. The molecule has 0 saturated heterocycles. The van der Waals surface area contributed by atoms with Gasteiger partial charge in [-0.25, -0.2) is 5.43 Å². The van der Waals surface area contributed by atoms with E-state index in [0.29, 0.717) is 5.41 Å². The summed E-state index contributed by atoms with van der Waals surface area (Å²) in [6, 6.07) is 9.78. The van der Waals surface area contributed by atoms with Gasteiger partial charge in [-0.3, -0.25) is 4.79 Å². The maximum atomic E-state index is 11.8. The number of hydrogen-bond donors (Lipinski definition) is 1. The van der Waals surface area contributed by atoms with Crippen LogP contribution in [0.3, 0.4) is 0 Å². The van der Waals surface area contributed by atoms with Crippen LogP contribution >= 0.6 is 0 Å². The van der Waals surface area contributed by atoms with Gasteiger partial charge in [0.25, 0.3) is 0 Å². The average Bonchev–Trinajstić information content (AvgIpc) is 3.05. The van der Waals surface area contributed by atoms with Gasteiger partial charge in [0.05, 0.1) is 6.21 Å². The summed E-state index contributed by atoms with van der Waals surface area (Å²) in [5.41, 5.74) is 4.03. The smallest absolute Gasteiger partial charge is 0.243 e. The molecule has 17 heavy (non-hydrogen) atoms. The Labute approximate surface area is 101 Å². The summed E-state index contributed by atoms with van der Waals surface area (Å²) in [5, 5.41) is 4.00. The van der Waals surface area contributed by atoms with E-state index in [2.05, 4.69) is 10.5 Å². The van der Waals surface area contributed by atoms with Gasteiger partial charge in [-0.2, -0.15) is 5.10 Å². The summed E-state index contributed by atoms with van der Waals surface area (Å²) >= 11 is 0. The van der Waals surface area contributed by atoms with Crippen molar-refractivity contribution in [1.82, 2.24) is 5.43 Å². The molecule has 0 aromatic heterocycles. The highest BCUT2D eigenvalue weighted by atomic mass is 16.2. The molecule has 1 amide bonds. The molecule has 0 unspecified atom stereocenters. The van der Waals surface area contributed by atoms with Crippen LogP contribution in [0.4, 0.5) is 0 Å². The lowest BCUT2D eigenvalue weighted by atomic mass is 9.80. The standard InChI is InChI=1S/C14H16N2O/c17-13(12-9-14(12)7-4-8-14)16-15-10-11-5-2-1-3-6-11/h1-3,5-6,10,12H,4,7-9H2,(H,16,17)/b15-10-/t12-/m1/s1. The largest absolute Gasteiger partial charge is 0.273 e. The number of carbonyl (C=O) groups is 1. The van der Waals surface area contributed by atoms with Crippen LogP contribution in [-0.2, 0) is 4.79 Å². The molecule has 88 valence electrons. The molecular weight excluding hydrogens is 212 g/mol. The first-order valence-electron chi connectivity index (χ1n) is 6.18. The van der Waals surface area contributed by atoms with Crippen molar-refractivity contribution in [3.8, 4) is 0 Å². The Hall–Kier alpha value is -1.64. The van der Waals surface area contributed by atoms with Gasteiger partial charge in [-0.1, -0.05) is 36.8 Å². The fourth-order valence-electron chi connectivity index (χ4n) is 2.69. The Morgan fingerprint density at radius 3 is 2.71 bits per heavy atom. The minimum atomic E-state index is 0.0943. The van der Waals surface area contributed by atoms with Gasteiger partial charge in [0.15, 0.2) is 0 Å². The summed E-state index contributed by atoms with van der Waals surface area (Å²) in [6.07, 6.45) is 6.51. The van der Waals surface area contributed by atoms with Gasteiger partial charge < -0.3 is 0 Å². The van der Waals surface area contributed by atoms with Crippen molar-refractivity contribution in [2.45, 2.75) is 25.7 Å². The second-order valence-electron chi connectivity index (χ2n) is 5.12. The van der Waals surface area contributed by atoms with Crippen LogP contribution in [0.1, 0.15) is 31.2 Å². The number of hydrogen-bond acceptors (Lipinski definition) is 2. The maximum Gasteiger partial charge on any atom is 0.243 e. The molecule has 3 nitrogen and oxygen atoms in total. The molecule has 0 radical (unpaired) electrons. The number of nitrogens with zero attached hydrogens (tertiary/aromatic N) is 1. The predicted molar refractivity (Wildman–Crippen MR) is 66.6 cm³/mol. The second-order valence-corrected chi connectivity index (χ2v) is 5.12. The van der Waals surface area contributed by atoms with Gasteiger partial charge in [-0.15, -0.1) is 0 Å². The molecule has 2 aliphatic rings. The number of amides is 1. The van der Waals surface area contributed by atoms with Crippen molar-refractivity contribution >= 4 is 12.1 Å². The molecule has 1 aromatic carbocycles. The molecule has 3 rings (SSSR count). The van der Waals surface area contributed by atoms with Crippen LogP contribution in [0.15, 0.2) is 35.4 Å². The zero-order valence-corrected chi connectivity index (χ0v) is 9.73. The monoisotopic (exact) mass is 228 g/mol. The summed E-state index contributed by atoms with van der Waals surface area (Å²) in [5.74, 6) is 0.320. The van der Waals surface area contributed by atoms with Crippen LogP contribution in [0, 0.1) is 11.3 Å². The van der Waals surface area contributed by atoms with Crippen molar-refractivity contribution in [3.63, 3.8) is 0 Å². The normalized spacial score (nSPS) is 24.6. The zero-order chi connectivity index (χ0) is 11.7. The molecular formula is C14H16N2O. The third kappa shape index (κ3) is 1.97. The van der Waals surface area contributed by atoms with Gasteiger partial charge in [0.2, 0.25) is 5.91 Å². The molecule has 0 bridgehead atoms. The van der Waals surface area contributed by atoms with Crippen molar-refractivity contribution in [2.24, 2.45) is 16.4 Å². The third-order valence-electron chi connectivity index (χ3n) is 4.04. The molecule has 1 spiro atoms. The average molecular weight is 228 g/mol. The van der Waals surface area contributed by atoms with Crippen LogP contribution in [0.5, 0.6) is 0 Å². The minimum Gasteiger partial charge on any atom is -0.273 e. The van der Waals surface area contributed by atoms with Crippen molar-refractivity contribution in [1.29, 1.82) is 0 Å². The number of nitrogens with one attached hydrogen (secondary N) is 1. The fourth-order valence-corrected chi connectivity index (χ4v) is 2.69. The summed E-state index contributed by atoms with van der Waals surface area (Å²) in [7, 11) is 0. The van der Waals surface area contributed by atoms with E-state index >= 15 is 0 Å². The van der Waals surface area contributed by atoms with Crippen LogP contribution in [0.25, 0.3) is 0 Å². The SMILES string of the molecule is O=C(N/N=C\c1ccccc1)[C@H]1CC12CCC2. The van der Waals surface area contributed by atoms with Crippen LogP contribution < -0.4 is 5.43 Å². The highest BCUT2D eigenvalue weighted by Gasteiger charge is 2.60. The number of rotatable bonds is 3. The van der Waals surface area contributed by atoms with E-state index in [-0.39, 0.29) is 11.8 Å². The Morgan fingerprint density at radius 2 is 2.12 bits per heavy atom. The van der Waals surface area contributed by atoms with E-state index in [1.54, 1.807) is 6.21 Å². The van der Waals surface area contributed by atoms with Gasteiger partial charge in [-0.05, 0) is 30.2 Å². The third-order valence-corrected chi connectivity index (χ3v) is 4.04. The molecule has 1 N–H and O–H groups in total. The number of benzene rings is 1. The number of hydrazone groups is 1. The Kier molecular flexibility index (Phi) is 2.46. The van der Waals surface area contributed by atoms with E-state index in [1.165, 1.54) is 19.3 Å². The summed E-state index contributed by atoms with van der Waals surface area (Å²) in [4.78, 5) is 11.8. The predicted octanol–water partition coefficient (Wildman–Crippen LogP) is 2.33. The molecule has 2 saturated carbocycles. The molecule has 2 fully saturated rings. The zero-order valence-electron chi connectivity index (χ0n) is 9.73. The second kappa shape index (κ2) is 3.99. The van der Waals surface area contributed by atoms with Crippen LogP contribution in [0.2, 0.25) is 0 Å². The molecule has 1 atom stereocenters.